The first-order valence-corrected chi connectivity index (χ1v) is 10.5. The lowest BCUT2D eigenvalue weighted by molar-refractivity contribution is 0.00990. The number of ether oxygens (including phenoxy) is 2. The van der Waals surface area contributed by atoms with Gasteiger partial charge >= 0.3 is 0 Å². The van der Waals surface area contributed by atoms with Crippen molar-refractivity contribution < 1.29 is 9.47 Å². The fourth-order valence-electron chi connectivity index (χ4n) is 3.98. The lowest BCUT2D eigenvalue weighted by Gasteiger charge is -2.34. The Bertz CT molecular complexity index is 362. The van der Waals surface area contributed by atoms with Gasteiger partial charge < -0.3 is 19.7 Å². The molecule has 1 saturated carbocycles. The molecule has 5 heteroatoms. The maximum atomic E-state index is 5.96. The van der Waals surface area contributed by atoms with Gasteiger partial charge in [-0.2, -0.15) is 0 Å². The number of hydrogen-bond donors (Lipinski definition) is 1. The average molecular weight is 354 g/mol. The quantitative estimate of drug-likeness (QED) is 0.371. The zero-order chi connectivity index (χ0) is 17.7. The van der Waals surface area contributed by atoms with Gasteiger partial charge in [0.15, 0.2) is 5.96 Å². The Balaban J connectivity index is 1.66. The number of aliphatic imine (C=N–C) groups is 1. The van der Waals surface area contributed by atoms with Crippen LogP contribution in [0.1, 0.15) is 64.7 Å². The smallest absolute Gasteiger partial charge is 0.193 e. The van der Waals surface area contributed by atoms with E-state index in [4.69, 9.17) is 14.5 Å². The molecule has 2 fully saturated rings. The van der Waals surface area contributed by atoms with Crippen molar-refractivity contribution in [3.63, 3.8) is 0 Å². The number of nitrogens with zero attached hydrogens (tertiary/aromatic N) is 2. The minimum Gasteiger partial charge on any atom is -0.385 e. The molecule has 1 saturated heterocycles. The van der Waals surface area contributed by atoms with Gasteiger partial charge in [-0.25, -0.2) is 0 Å². The minimum absolute atomic E-state index is 0.401. The van der Waals surface area contributed by atoms with Crippen LogP contribution in [-0.2, 0) is 9.47 Å². The zero-order valence-electron chi connectivity index (χ0n) is 16.5. The van der Waals surface area contributed by atoms with Crippen LogP contribution in [0.4, 0.5) is 0 Å². The van der Waals surface area contributed by atoms with Gasteiger partial charge in [-0.3, -0.25) is 4.99 Å². The molecule has 1 N–H and O–H groups in total. The third-order valence-corrected chi connectivity index (χ3v) is 5.43. The summed E-state index contributed by atoms with van der Waals surface area (Å²) in [6, 6.07) is 0. The van der Waals surface area contributed by atoms with E-state index in [9.17, 15) is 0 Å². The highest BCUT2D eigenvalue weighted by atomic mass is 16.5. The average Bonchev–Trinajstić information content (AvgIpc) is 3.15. The summed E-state index contributed by atoms with van der Waals surface area (Å²) in [5.41, 5.74) is 0. The van der Waals surface area contributed by atoms with Gasteiger partial charge in [0.05, 0.1) is 6.10 Å². The van der Waals surface area contributed by atoms with E-state index in [1.807, 2.05) is 0 Å². The van der Waals surface area contributed by atoms with E-state index in [1.165, 1.54) is 38.5 Å². The highest BCUT2D eigenvalue weighted by Gasteiger charge is 2.21. The molecule has 0 bridgehead atoms. The van der Waals surface area contributed by atoms with Crippen LogP contribution < -0.4 is 5.32 Å². The molecule has 5 nitrogen and oxygen atoms in total. The first-order chi connectivity index (χ1) is 12.3. The van der Waals surface area contributed by atoms with Crippen LogP contribution in [0.2, 0.25) is 0 Å². The highest BCUT2D eigenvalue weighted by molar-refractivity contribution is 5.80. The largest absolute Gasteiger partial charge is 0.385 e. The van der Waals surface area contributed by atoms with Gasteiger partial charge in [-0.05, 0) is 44.9 Å². The molecule has 0 spiro atoms. The molecule has 2 aliphatic rings. The Morgan fingerprint density at radius 2 is 1.84 bits per heavy atom. The van der Waals surface area contributed by atoms with E-state index < -0.39 is 0 Å². The maximum Gasteiger partial charge on any atom is 0.193 e. The summed E-state index contributed by atoms with van der Waals surface area (Å²) in [5.74, 6) is 2.08. The van der Waals surface area contributed by atoms with Crippen molar-refractivity contribution in [1.82, 2.24) is 10.2 Å². The van der Waals surface area contributed by atoms with Gasteiger partial charge in [0, 0.05) is 46.5 Å². The van der Waals surface area contributed by atoms with Gasteiger partial charge in [0.1, 0.15) is 0 Å². The van der Waals surface area contributed by atoms with Crippen molar-refractivity contribution in [2.75, 3.05) is 46.5 Å². The molecule has 0 aromatic rings. The monoisotopic (exact) mass is 353 g/mol. The normalized spacial score (nSPS) is 20.4. The van der Waals surface area contributed by atoms with Crippen molar-refractivity contribution in [1.29, 1.82) is 0 Å². The number of nitrogens with one attached hydrogen (secondary N) is 1. The second kappa shape index (κ2) is 12.5. The molecule has 1 aliphatic carbocycles. The van der Waals surface area contributed by atoms with E-state index in [1.54, 1.807) is 7.11 Å². The summed E-state index contributed by atoms with van der Waals surface area (Å²) in [4.78, 5) is 7.29. The Morgan fingerprint density at radius 3 is 2.52 bits per heavy atom. The Kier molecular flexibility index (Phi) is 10.3. The van der Waals surface area contributed by atoms with Crippen LogP contribution in [-0.4, -0.2) is 63.5 Å². The van der Waals surface area contributed by atoms with Crippen LogP contribution in [0.15, 0.2) is 4.99 Å². The fraction of sp³-hybridized carbons (Fsp3) is 0.950. The lowest BCUT2D eigenvalue weighted by atomic mass is 10.0. The Morgan fingerprint density at radius 1 is 1.08 bits per heavy atom. The van der Waals surface area contributed by atoms with Gasteiger partial charge in [-0.1, -0.05) is 25.7 Å². The molecule has 0 amide bonds. The van der Waals surface area contributed by atoms with Crippen molar-refractivity contribution in [3.05, 3.63) is 0 Å². The third kappa shape index (κ3) is 7.95. The highest BCUT2D eigenvalue weighted by Crippen LogP contribution is 2.28. The van der Waals surface area contributed by atoms with Crippen LogP contribution >= 0.6 is 0 Å². The number of guanidine groups is 1. The molecule has 0 unspecified atom stereocenters. The zero-order valence-corrected chi connectivity index (χ0v) is 16.5. The molecule has 2 rings (SSSR count). The molecule has 146 valence electrons. The number of piperidine rings is 1. The molecule has 0 radical (unpaired) electrons. The number of likely N-dealkylation sites (tertiary alicyclic amines) is 1. The molecule has 25 heavy (non-hydrogen) atoms. The second-order valence-corrected chi connectivity index (χ2v) is 7.43. The number of rotatable bonds is 10. The first kappa shape index (κ1) is 20.5. The molecule has 0 aromatic heterocycles. The van der Waals surface area contributed by atoms with Crippen LogP contribution in [0, 0.1) is 5.92 Å². The predicted molar refractivity (Wildman–Crippen MR) is 104 cm³/mol. The van der Waals surface area contributed by atoms with Crippen LogP contribution in [0.5, 0.6) is 0 Å². The van der Waals surface area contributed by atoms with Crippen LogP contribution in [0.25, 0.3) is 0 Å². The van der Waals surface area contributed by atoms with E-state index >= 15 is 0 Å². The van der Waals surface area contributed by atoms with Crippen molar-refractivity contribution in [2.45, 2.75) is 70.8 Å². The van der Waals surface area contributed by atoms with Crippen molar-refractivity contribution >= 4 is 5.96 Å². The molecule has 1 heterocycles. The Hall–Kier alpha value is -0.810. The van der Waals surface area contributed by atoms with Crippen molar-refractivity contribution in [2.24, 2.45) is 10.9 Å². The SMILES string of the molecule is CCNC(=NCCCC1CCCC1)N1CCC(OCCCOC)CC1. The van der Waals surface area contributed by atoms with E-state index in [-0.39, 0.29) is 0 Å². The molecule has 0 atom stereocenters. The summed E-state index contributed by atoms with van der Waals surface area (Å²) in [6.07, 6.45) is 12.0. The molecular weight excluding hydrogens is 314 g/mol. The van der Waals surface area contributed by atoms with E-state index in [0.717, 1.165) is 70.5 Å². The molecule has 1 aliphatic heterocycles. The second-order valence-electron chi connectivity index (χ2n) is 7.43. The van der Waals surface area contributed by atoms with E-state index in [0.29, 0.717) is 6.10 Å². The summed E-state index contributed by atoms with van der Waals surface area (Å²) >= 11 is 0. The summed E-state index contributed by atoms with van der Waals surface area (Å²) in [6.45, 7) is 7.75. The van der Waals surface area contributed by atoms with E-state index in [2.05, 4.69) is 17.1 Å². The summed E-state index contributed by atoms with van der Waals surface area (Å²) < 4.78 is 11.0. The number of hydrogen-bond acceptors (Lipinski definition) is 3. The molecule has 0 aromatic carbocycles. The van der Waals surface area contributed by atoms with Gasteiger partial charge in [-0.15, -0.1) is 0 Å². The lowest BCUT2D eigenvalue weighted by Crippen LogP contribution is -2.47. The van der Waals surface area contributed by atoms with Gasteiger partial charge in [0.2, 0.25) is 0 Å². The summed E-state index contributed by atoms with van der Waals surface area (Å²) in [7, 11) is 1.74. The van der Waals surface area contributed by atoms with Gasteiger partial charge in [0.25, 0.3) is 0 Å². The van der Waals surface area contributed by atoms with Crippen molar-refractivity contribution in [3.8, 4) is 0 Å². The Labute approximate surface area is 154 Å². The summed E-state index contributed by atoms with van der Waals surface area (Å²) in [5, 5.41) is 3.47. The standard InChI is InChI=1S/C20H39N3O2/c1-3-21-20(22-13-6-10-18-8-4-5-9-18)23-14-11-19(12-15-23)25-17-7-16-24-2/h18-19H,3-17H2,1-2H3,(H,21,22). The maximum absolute atomic E-state index is 5.96. The third-order valence-electron chi connectivity index (χ3n) is 5.43. The predicted octanol–water partition coefficient (Wildman–Crippen LogP) is 3.44. The molecular formula is C20H39N3O2. The minimum atomic E-state index is 0.401. The topological polar surface area (TPSA) is 46.1 Å². The van der Waals surface area contributed by atoms with Crippen LogP contribution in [0.3, 0.4) is 0 Å². The number of methoxy groups -OCH3 is 1. The fourth-order valence-corrected chi connectivity index (χ4v) is 3.98. The first-order valence-electron chi connectivity index (χ1n) is 10.5.